The number of carboxylic acid groups (broad SMARTS) is 1. The Bertz CT molecular complexity index is 2300. The van der Waals surface area contributed by atoms with Crippen LogP contribution in [0.4, 0.5) is 10.5 Å². The number of aryl methyl sites for hydroxylation is 1. The summed E-state index contributed by atoms with van der Waals surface area (Å²) in [6.07, 6.45) is 1.53. The van der Waals surface area contributed by atoms with E-state index >= 15 is 0 Å². The van der Waals surface area contributed by atoms with Crippen molar-refractivity contribution >= 4 is 33.6 Å². The molecule has 1 aliphatic rings. The van der Waals surface area contributed by atoms with Gasteiger partial charge in [-0.05, 0) is 103 Å². The summed E-state index contributed by atoms with van der Waals surface area (Å²) in [4.78, 5) is 52.4. The molecule has 0 unspecified atom stereocenters. The highest BCUT2D eigenvalue weighted by molar-refractivity contribution is 7.89. The number of aromatic amines is 1. The first kappa shape index (κ1) is 38.7. The molecule has 1 fully saturated rings. The summed E-state index contributed by atoms with van der Waals surface area (Å²) >= 11 is 0. The number of anilines is 1. The molecule has 0 bridgehead atoms. The highest BCUT2D eigenvalue weighted by atomic mass is 32.2. The largest absolute Gasteiger partial charge is 0.465 e. The van der Waals surface area contributed by atoms with Crippen molar-refractivity contribution in [3.8, 4) is 22.5 Å². The number of aromatic nitrogens is 2. The molecule has 4 aromatic carbocycles. The molecule has 6 rings (SSSR count). The normalized spacial score (nSPS) is 16.2. The van der Waals surface area contributed by atoms with Crippen LogP contribution in [-0.4, -0.2) is 54.2 Å². The molecule has 55 heavy (non-hydrogen) atoms. The van der Waals surface area contributed by atoms with Gasteiger partial charge in [-0.25, -0.2) is 22.7 Å². The average molecular weight is 767 g/mol. The molecule has 1 saturated carbocycles. The number of nitrogens with zero attached hydrogens (tertiary/aromatic N) is 1. The number of H-pyrrole nitrogens is 1. The Morgan fingerprint density at radius 1 is 0.891 bits per heavy atom. The summed E-state index contributed by atoms with van der Waals surface area (Å²) in [5.41, 5.74) is 4.90. The number of carbonyl (C=O) groups is 3. The summed E-state index contributed by atoms with van der Waals surface area (Å²) in [5.74, 6) is -1.36. The van der Waals surface area contributed by atoms with Crippen molar-refractivity contribution in [1.82, 2.24) is 25.5 Å². The quantitative estimate of drug-likeness (QED) is 0.0873. The SMILES string of the molecule is Cc1ccc(S(=O)(=O)NCc2ccccc2)cc1-c1cccc(C[C@H](NC(=O)[C@H]2CC[C@H](CNC(=O)O)CC2)C(=O)Nc2ccc(-c3noc(=O)[nH]3)cc2)c1. The number of benzene rings is 4. The second-order valence-corrected chi connectivity index (χ2v) is 15.4. The molecule has 0 aliphatic heterocycles. The summed E-state index contributed by atoms with van der Waals surface area (Å²) in [5, 5.41) is 20.9. The number of amides is 3. The molecule has 15 heteroatoms. The van der Waals surface area contributed by atoms with E-state index in [0.29, 0.717) is 49.0 Å². The fourth-order valence-corrected chi connectivity index (χ4v) is 7.74. The maximum atomic E-state index is 13.9. The fraction of sp³-hybridized carbons (Fsp3) is 0.275. The monoisotopic (exact) mass is 766 g/mol. The van der Waals surface area contributed by atoms with Crippen LogP contribution in [0.25, 0.3) is 22.5 Å². The Morgan fingerprint density at radius 3 is 2.31 bits per heavy atom. The molecule has 1 heterocycles. The zero-order valence-corrected chi connectivity index (χ0v) is 30.9. The van der Waals surface area contributed by atoms with Gasteiger partial charge in [-0.15, -0.1) is 0 Å². The minimum Gasteiger partial charge on any atom is -0.465 e. The minimum absolute atomic E-state index is 0.119. The Labute approximate surface area is 317 Å². The molecule has 1 atom stereocenters. The van der Waals surface area contributed by atoms with Gasteiger partial charge in [-0.1, -0.05) is 65.8 Å². The third-order valence-electron chi connectivity index (χ3n) is 9.76. The van der Waals surface area contributed by atoms with E-state index in [9.17, 15) is 27.6 Å². The molecule has 6 N–H and O–H groups in total. The van der Waals surface area contributed by atoms with E-state index in [0.717, 1.165) is 22.3 Å². The molecular formula is C40H42N6O8S. The molecule has 14 nitrogen and oxygen atoms in total. The second kappa shape index (κ2) is 17.4. The molecular weight excluding hydrogens is 725 g/mol. The molecule has 3 amide bonds. The molecule has 5 aromatic rings. The highest BCUT2D eigenvalue weighted by Crippen LogP contribution is 2.30. The van der Waals surface area contributed by atoms with Gasteiger partial charge >= 0.3 is 11.8 Å². The average Bonchev–Trinajstić information content (AvgIpc) is 3.63. The van der Waals surface area contributed by atoms with Crippen molar-refractivity contribution in [2.75, 3.05) is 11.9 Å². The fourth-order valence-electron chi connectivity index (χ4n) is 6.69. The van der Waals surface area contributed by atoms with E-state index in [-0.39, 0.29) is 41.4 Å². The number of hydrogen-bond donors (Lipinski definition) is 6. The summed E-state index contributed by atoms with van der Waals surface area (Å²) in [6, 6.07) is 27.3. The van der Waals surface area contributed by atoms with Gasteiger partial charge in [0.15, 0.2) is 5.82 Å². The minimum atomic E-state index is -3.83. The van der Waals surface area contributed by atoms with Crippen molar-refractivity contribution in [2.45, 2.75) is 56.5 Å². The first-order chi connectivity index (χ1) is 26.4. The number of rotatable bonds is 14. The van der Waals surface area contributed by atoms with Crippen LogP contribution < -0.4 is 26.4 Å². The first-order valence-corrected chi connectivity index (χ1v) is 19.4. The first-order valence-electron chi connectivity index (χ1n) is 17.9. The van der Waals surface area contributed by atoms with Crippen molar-refractivity contribution in [3.63, 3.8) is 0 Å². The number of sulfonamides is 1. The smallest absolute Gasteiger partial charge is 0.439 e. The van der Waals surface area contributed by atoms with Gasteiger partial charge in [0.25, 0.3) is 0 Å². The Hall–Kier alpha value is -6.06. The van der Waals surface area contributed by atoms with Gasteiger partial charge in [0, 0.05) is 36.7 Å². The van der Waals surface area contributed by atoms with Gasteiger partial charge < -0.3 is 21.1 Å². The van der Waals surface area contributed by atoms with E-state index in [4.69, 9.17) is 5.11 Å². The Kier molecular flexibility index (Phi) is 12.2. The summed E-state index contributed by atoms with van der Waals surface area (Å²) < 4.78 is 33.8. The standard InChI is InChI=1S/C40H42N6O8S/c1-25-10-19-33(55(52,53)42-24-26-6-3-2-4-7-26)22-34(25)31-9-5-8-28(20-31)21-35(44-37(47)30-13-11-27(12-14-30)23-41-39(49)50)38(48)43-32-17-15-29(16-18-32)36-45-40(51)54-46-36/h2-10,15-20,22,27,30,35,41-42H,11-14,21,23-24H2,1H3,(H,43,48)(H,44,47)(H,49,50)(H,45,46,51)/t27-,30-,35-/m0/s1. The zero-order valence-electron chi connectivity index (χ0n) is 30.1. The zero-order chi connectivity index (χ0) is 39.0. The van der Waals surface area contributed by atoms with Crippen LogP contribution in [0.5, 0.6) is 0 Å². The molecule has 286 valence electrons. The van der Waals surface area contributed by atoms with Gasteiger partial charge in [0.1, 0.15) is 6.04 Å². The predicted molar refractivity (Wildman–Crippen MR) is 205 cm³/mol. The third kappa shape index (κ3) is 10.3. The second-order valence-electron chi connectivity index (χ2n) is 13.7. The van der Waals surface area contributed by atoms with E-state index < -0.39 is 33.8 Å². The van der Waals surface area contributed by atoms with Gasteiger partial charge in [0.2, 0.25) is 21.8 Å². The topological polar surface area (TPSA) is 213 Å². The van der Waals surface area contributed by atoms with E-state index in [1.54, 1.807) is 42.5 Å². The lowest BCUT2D eigenvalue weighted by atomic mass is 9.81. The molecule has 1 aliphatic carbocycles. The lowest BCUT2D eigenvalue weighted by Gasteiger charge is -2.29. The lowest BCUT2D eigenvalue weighted by Crippen LogP contribution is -2.48. The van der Waals surface area contributed by atoms with Crippen LogP contribution in [0, 0.1) is 18.8 Å². The highest BCUT2D eigenvalue weighted by Gasteiger charge is 2.30. The van der Waals surface area contributed by atoms with Crippen LogP contribution in [0.3, 0.4) is 0 Å². The summed E-state index contributed by atoms with van der Waals surface area (Å²) in [6.45, 7) is 2.37. The van der Waals surface area contributed by atoms with Crippen molar-refractivity contribution < 1.29 is 32.4 Å². The predicted octanol–water partition coefficient (Wildman–Crippen LogP) is 5.22. The summed E-state index contributed by atoms with van der Waals surface area (Å²) in [7, 11) is -3.83. The van der Waals surface area contributed by atoms with Crippen LogP contribution in [0.15, 0.2) is 111 Å². The van der Waals surface area contributed by atoms with Gasteiger partial charge in [-0.3, -0.25) is 19.1 Å². The van der Waals surface area contributed by atoms with Gasteiger partial charge in [0.05, 0.1) is 4.90 Å². The van der Waals surface area contributed by atoms with E-state index in [1.165, 1.54) is 0 Å². The molecule has 0 radical (unpaired) electrons. The molecule has 1 aromatic heterocycles. The number of carbonyl (C=O) groups excluding carboxylic acids is 2. The van der Waals surface area contributed by atoms with Crippen molar-refractivity contribution in [2.24, 2.45) is 11.8 Å². The van der Waals surface area contributed by atoms with E-state index in [1.807, 2.05) is 61.5 Å². The number of nitrogens with one attached hydrogen (secondary N) is 5. The van der Waals surface area contributed by atoms with E-state index in [2.05, 4.69) is 35.3 Å². The molecule has 0 saturated heterocycles. The van der Waals surface area contributed by atoms with Crippen LogP contribution in [-0.2, 0) is 32.6 Å². The van der Waals surface area contributed by atoms with Gasteiger partial charge in [-0.2, -0.15) is 0 Å². The third-order valence-corrected chi connectivity index (χ3v) is 11.2. The molecule has 0 spiro atoms. The van der Waals surface area contributed by atoms with Crippen LogP contribution >= 0.6 is 0 Å². The Balaban J connectivity index is 1.20. The maximum Gasteiger partial charge on any atom is 0.439 e. The van der Waals surface area contributed by atoms with Crippen LogP contribution in [0.1, 0.15) is 42.4 Å². The van der Waals surface area contributed by atoms with Crippen LogP contribution in [0.2, 0.25) is 0 Å². The lowest BCUT2D eigenvalue weighted by molar-refractivity contribution is -0.130. The van der Waals surface area contributed by atoms with Crippen molar-refractivity contribution in [3.05, 3.63) is 124 Å². The Morgan fingerprint density at radius 2 is 1.62 bits per heavy atom. The maximum absolute atomic E-state index is 13.9. The van der Waals surface area contributed by atoms with Crippen molar-refractivity contribution in [1.29, 1.82) is 0 Å². The number of hydrogen-bond acceptors (Lipinski definition) is 8.